The summed E-state index contributed by atoms with van der Waals surface area (Å²) in [6, 6.07) is 51.7. The number of carbonyl (C=O) groups is 4. The van der Waals surface area contributed by atoms with E-state index in [2.05, 4.69) is 22.8 Å². The highest BCUT2D eigenvalue weighted by atomic mass is 35.7. The fraction of sp³-hybridized carbons (Fsp3) is 0.132. The van der Waals surface area contributed by atoms with Crippen LogP contribution in [0.4, 0.5) is 8.78 Å². The predicted molar refractivity (Wildman–Crippen MR) is 255 cm³/mol. The molecule has 2 N–H and O–H groups in total. The van der Waals surface area contributed by atoms with Crippen molar-refractivity contribution in [1.82, 2.24) is 10.6 Å². The number of halogens is 3. The maximum Gasteiger partial charge on any atom is 0.261 e. The van der Waals surface area contributed by atoms with Crippen molar-refractivity contribution in [3.8, 4) is 0 Å². The number of hydrogen-bond acceptors (Lipinski definition) is 7. The van der Waals surface area contributed by atoms with Gasteiger partial charge in [-0.05, 0) is 101 Å². The van der Waals surface area contributed by atoms with Gasteiger partial charge < -0.3 is 10.6 Å². The summed E-state index contributed by atoms with van der Waals surface area (Å²) in [7, 11) is 1.46. The molecule has 0 aliphatic heterocycles. The Labute approximate surface area is 391 Å². The van der Waals surface area contributed by atoms with Crippen molar-refractivity contribution in [2.24, 2.45) is 0 Å². The number of thioether (sulfide) groups is 1. The van der Waals surface area contributed by atoms with Crippen LogP contribution in [-0.2, 0) is 50.1 Å². The van der Waals surface area contributed by atoms with Crippen molar-refractivity contribution in [2.75, 3.05) is 0 Å². The van der Waals surface area contributed by atoms with Crippen LogP contribution in [0.15, 0.2) is 198 Å². The average molecular weight is 944 g/mol. The molecule has 0 fully saturated rings. The molecule has 0 aromatic heterocycles. The average Bonchev–Trinajstić information content (AvgIpc) is 3.32. The summed E-state index contributed by atoms with van der Waals surface area (Å²) in [5.74, 6) is -1.55. The highest BCUT2D eigenvalue weighted by Gasteiger charge is 2.24. The van der Waals surface area contributed by atoms with Crippen LogP contribution in [0.5, 0.6) is 0 Å². The number of Topliss-reactive ketones (excluding diaryl/α,β-unsaturated/α-hetero) is 2. The SMILES string of the molecule is O=C(N[C@@H](Cc1ccccc1)C(=O)Cc1ccc(S(=O)(=O)Cl)cc1)c1cccc(F)c1.O=C(N[C@@H](Cc1ccccc1)C(=O)Cc1ccc(SCc2ccccc2)cc1)c1cccc(F)c1. The number of rotatable bonds is 18. The van der Waals surface area contributed by atoms with Gasteiger partial charge in [0.2, 0.25) is 0 Å². The first-order valence-corrected chi connectivity index (χ1v) is 24.1. The maximum absolute atomic E-state index is 13.6. The molecule has 2 atom stereocenters. The number of nitrogens with one attached hydrogen (secondary N) is 2. The Morgan fingerprint density at radius 3 is 1.27 bits per heavy atom. The van der Waals surface area contributed by atoms with Crippen LogP contribution in [0.3, 0.4) is 0 Å². The van der Waals surface area contributed by atoms with Crippen molar-refractivity contribution < 1.29 is 36.4 Å². The number of carbonyl (C=O) groups excluding carboxylic acids is 4. The molecule has 0 bridgehead atoms. The summed E-state index contributed by atoms with van der Waals surface area (Å²) >= 11 is 1.74. The van der Waals surface area contributed by atoms with E-state index < -0.39 is 44.6 Å². The normalized spacial score (nSPS) is 11.9. The topological polar surface area (TPSA) is 126 Å². The monoisotopic (exact) mass is 942 g/mol. The van der Waals surface area contributed by atoms with Crippen LogP contribution < -0.4 is 10.6 Å². The molecule has 0 spiro atoms. The van der Waals surface area contributed by atoms with E-state index in [4.69, 9.17) is 10.7 Å². The zero-order chi connectivity index (χ0) is 46.9. The Hall–Kier alpha value is -6.73. The van der Waals surface area contributed by atoms with Crippen LogP contribution in [0.2, 0.25) is 0 Å². The van der Waals surface area contributed by atoms with Gasteiger partial charge in [0.1, 0.15) is 11.6 Å². The molecule has 7 aromatic carbocycles. The Kier molecular flexibility index (Phi) is 17.7. The van der Waals surface area contributed by atoms with E-state index in [9.17, 15) is 36.4 Å². The van der Waals surface area contributed by atoms with Crippen molar-refractivity contribution >= 4 is 54.9 Å². The molecular weight excluding hydrogens is 898 g/mol. The van der Waals surface area contributed by atoms with Gasteiger partial charge in [-0.15, -0.1) is 11.8 Å². The van der Waals surface area contributed by atoms with Crippen molar-refractivity contribution in [3.05, 3.63) is 239 Å². The molecule has 0 radical (unpaired) electrons. The second kappa shape index (κ2) is 24.0. The van der Waals surface area contributed by atoms with Gasteiger partial charge in [0, 0.05) is 45.3 Å². The third kappa shape index (κ3) is 15.5. The van der Waals surface area contributed by atoms with Crippen LogP contribution in [0.25, 0.3) is 0 Å². The summed E-state index contributed by atoms with van der Waals surface area (Å²) in [4.78, 5) is 52.7. The number of benzene rings is 7. The lowest BCUT2D eigenvalue weighted by atomic mass is 9.97. The first-order chi connectivity index (χ1) is 31.8. The van der Waals surface area contributed by atoms with Gasteiger partial charge in [0.15, 0.2) is 11.6 Å². The maximum atomic E-state index is 13.6. The third-order valence-electron chi connectivity index (χ3n) is 10.3. The fourth-order valence-corrected chi connectivity index (χ4v) is 8.42. The minimum Gasteiger partial charge on any atom is -0.342 e. The van der Waals surface area contributed by atoms with E-state index in [1.807, 2.05) is 103 Å². The minimum atomic E-state index is -3.86. The van der Waals surface area contributed by atoms with Crippen molar-refractivity contribution in [1.29, 1.82) is 0 Å². The zero-order valence-corrected chi connectivity index (χ0v) is 37.9. The van der Waals surface area contributed by atoms with Crippen molar-refractivity contribution in [2.45, 2.75) is 53.3 Å². The Bertz CT molecular complexity index is 2840. The third-order valence-corrected chi connectivity index (χ3v) is 12.7. The lowest BCUT2D eigenvalue weighted by molar-refractivity contribution is -0.121. The highest BCUT2D eigenvalue weighted by molar-refractivity contribution is 8.13. The summed E-state index contributed by atoms with van der Waals surface area (Å²) in [6.07, 6.45) is 0.800. The Morgan fingerprint density at radius 2 is 0.879 bits per heavy atom. The molecule has 0 unspecified atom stereocenters. The van der Waals surface area contributed by atoms with Gasteiger partial charge >= 0.3 is 0 Å². The van der Waals surface area contributed by atoms with Crippen LogP contribution in [0.1, 0.15) is 48.5 Å². The molecule has 2 amide bonds. The van der Waals surface area contributed by atoms with Crippen LogP contribution in [-0.4, -0.2) is 43.9 Å². The van der Waals surface area contributed by atoms with Gasteiger partial charge in [0.05, 0.1) is 17.0 Å². The summed E-state index contributed by atoms with van der Waals surface area (Å²) < 4.78 is 49.8. The molecule has 336 valence electrons. The molecule has 13 heteroatoms. The number of amides is 2. The molecular formula is C53H45ClF2N2O6S2. The molecule has 0 heterocycles. The summed E-state index contributed by atoms with van der Waals surface area (Å²) in [5.41, 5.74) is 4.82. The highest BCUT2D eigenvalue weighted by Crippen LogP contribution is 2.24. The van der Waals surface area contributed by atoms with Crippen LogP contribution in [0, 0.1) is 11.6 Å². The van der Waals surface area contributed by atoms with Gasteiger partial charge in [0.25, 0.3) is 20.9 Å². The van der Waals surface area contributed by atoms with Gasteiger partial charge in [-0.1, -0.05) is 127 Å². The predicted octanol–water partition coefficient (Wildman–Crippen LogP) is 10.2. The first kappa shape index (κ1) is 48.7. The lowest BCUT2D eigenvalue weighted by Gasteiger charge is -2.18. The van der Waals surface area contributed by atoms with E-state index in [1.165, 1.54) is 72.3 Å². The molecule has 0 aliphatic rings. The fourth-order valence-electron chi connectivity index (χ4n) is 6.80. The molecule has 7 rings (SSSR count). The van der Waals surface area contributed by atoms with Gasteiger partial charge in [-0.2, -0.15) is 0 Å². The Balaban J connectivity index is 0.000000220. The lowest BCUT2D eigenvalue weighted by Crippen LogP contribution is -2.43. The van der Waals surface area contributed by atoms with E-state index in [0.29, 0.717) is 12.0 Å². The van der Waals surface area contributed by atoms with E-state index >= 15 is 0 Å². The largest absolute Gasteiger partial charge is 0.342 e. The van der Waals surface area contributed by atoms with Gasteiger partial charge in [-0.3, -0.25) is 19.2 Å². The molecule has 8 nitrogen and oxygen atoms in total. The summed E-state index contributed by atoms with van der Waals surface area (Å²) in [5, 5.41) is 5.51. The minimum absolute atomic E-state index is 0.0243. The first-order valence-electron chi connectivity index (χ1n) is 20.8. The smallest absolute Gasteiger partial charge is 0.261 e. The second-order valence-corrected chi connectivity index (χ2v) is 18.9. The van der Waals surface area contributed by atoms with E-state index in [-0.39, 0.29) is 46.9 Å². The molecule has 7 aromatic rings. The Morgan fingerprint density at radius 1 is 0.485 bits per heavy atom. The molecule has 0 aliphatic carbocycles. The molecule has 66 heavy (non-hydrogen) atoms. The number of hydrogen-bond donors (Lipinski definition) is 2. The summed E-state index contributed by atoms with van der Waals surface area (Å²) in [6.45, 7) is 0. The van der Waals surface area contributed by atoms with E-state index in [1.54, 1.807) is 11.8 Å². The number of ketones is 2. The van der Waals surface area contributed by atoms with Crippen molar-refractivity contribution in [3.63, 3.8) is 0 Å². The quantitative estimate of drug-likeness (QED) is 0.0648. The second-order valence-electron chi connectivity index (χ2n) is 15.2. The van der Waals surface area contributed by atoms with Gasteiger partial charge in [-0.25, -0.2) is 17.2 Å². The molecule has 0 saturated carbocycles. The van der Waals surface area contributed by atoms with E-state index in [0.717, 1.165) is 33.4 Å². The van der Waals surface area contributed by atoms with Crippen LogP contribution >= 0.6 is 22.4 Å². The zero-order valence-electron chi connectivity index (χ0n) is 35.5. The molecule has 0 saturated heterocycles. The standard InChI is InChI=1S/C30H26FNO2S.C23H19ClFNO4S/c31-26-13-7-12-25(20-26)30(34)32-28(18-22-8-3-1-4-9-22)29(33)19-23-14-16-27(17-15-23)35-21-24-10-5-2-6-11-24;24-31(29,30)20-11-9-17(10-12-20)14-22(27)21(13-16-5-2-1-3-6-16)26-23(28)18-7-4-8-19(25)15-18/h1-17,20,28H,18-19,21H2,(H,32,34);1-12,15,21H,13-14H2,(H,26,28)/t28-;21-/m00/s1.